The second-order valence-corrected chi connectivity index (χ2v) is 8.12. The van der Waals surface area contributed by atoms with Gasteiger partial charge >= 0.3 is 5.69 Å². The highest BCUT2D eigenvalue weighted by atomic mass is 19.1. The number of ether oxygens (including phenoxy) is 2. The third kappa shape index (κ3) is 7.25. The Balaban J connectivity index is 0.000000983. The van der Waals surface area contributed by atoms with Gasteiger partial charge in [0.25, 0.3) is 11.9 Å². The highest BCUT2D eigenvalue weighted by molar-refractivity contribution is 5.94. The van der Waals surface area contributed by atoms with Gasteiger partial charge in [-0.25, -0.2) is 19.2 Å². The number of carbonyl (C=O) groups is 1. The molecule has 0 saturated heterocycles. The van der Waals surface area contributed by atoms with Gasteiger partial charge in [-0.05, 0) is 31.0 Å². The van der Waals surface area contributed by atoms with Gasteiger partial charge in [-0.15, -0.1) is 9.78 Å². The van der Waals surface area contributed by atoms with Gasteiger partial charge in [0.05, 0.1) is 19.6 Å². The maximum atomic E-state index is 15.6. The summed E-state index contributed by atoms with van der Waals surface area (Å²) in [5.74, 6) is -1.46. The Morgan fingerprint density at radius 2 is 1.87 bits per heavy atom. The van der Waals surface area contributed by atoms with Gasteiger partial charge in [-0.3, -0.25) is 15.2 Å². The summed E-state index contributed by atoms with van der Waals surface area (Å²) in [6.07, 6.45) is 3.26. The van der Waals surface area contributed by atoms with Crippen molar-refractivity contribution in [2.75, 3.05) is 13.7 Å². The van der Waals surface area contributed by atoms with Crippen LogP contribution in [0.2, 0.25) is 0 Å². The number of nitrogens with two attached hydrogens (primary N) is 1. The Kier molecular flexibility index (Phi) is 9.46. The first-order chi connectivity index (χ1) is 18.6. The molecule has 0 bridgehead atoms. The number of H-pyrrole nitrogens is 1. The molecule has 0 fully saturated rings. The van der Waals surface area contributed by atoms with Crippen molar-refractivity contribution in [3.05, 3.63) is 93.7 Å². The zero-order valence-corrected chi connectivity index (χ0v) is 21.5. The van der Waals surface area contributed by atoms with Crippen molar-refractivity contribution in [2.24, 2.45) is 5.73 Å². The Hall–Kier alpha value is -5.07. The van der Waals surface area contributed by atoms with E-state index in [0.29, 0.717) is 17.9 Å². The van der Waals surface area contributed by atoms with Crippen molar-refractivity contribution in [3.8, 4) is 17.4 Å². The Labute approximate surface area is 222 Å². The molecule has 0 amide bonds. The predicted octanol–water partition coefficient (Wildman–Crippen LogP) is 2.65. The molecule has 1 atom stereocenters. The van der Waals surface area contributed by atoms with Gasteiger partial charge < -0.3 is 20.3 Å². The van der Waals surface area contributed by atoms with Crippen LogP contribution in [-0.2, 0) is 11.2 Å². The number of hydrogen-bond acceptors (Lipinski definition) is 8. The van der Waals surface area contributed by atoms with Crippen molar-refractivity contribution >= 4 is 11.8 Å². The number of carboxylic acids is 1. The summed E-state index contributed by atoms with van der Waals surface area (Å²) < 4.78 is 27.4. The lowest BCUT2D eigenvalue weighted by Gasteiger charge is -2.19. The zero-order chi connectivity index (χ0) is 28.5. The first-order valence-electron chi connectivity index (χ1n) is 11.7. The van der Waals surface area contributed by atoms with Crippen LogP contribution in [0.15, 0.2) is 59.7 Å². The average molecular weight is 538 g/mol. The number of aliphatic carboxylic acids is 1. The summed E-state index contributed by atoms with van der Waals surface area (Å²) in [4.78, 5) is 32.6. The van der Waals surface area contributed by atoms with Crippen LogP contribution in [0.5, 0.6) is 11.5 Å². The van der Waals surface area contributed by atoms with Crippen LogP contribution in [0.1, 0.15) is 42.3 Å². The quantitative estimate of drug-likeness (QED) is 0.184. The lowest BCUT2D eigenvalue weighted by molar-refractivity contribution is -0.134. The molecule has 0 aliphatic carbocycles. The molecule has 2 aromatic heterocycles. The fourth-order valence-corrected chi connectivity index (χ4v) is 3.69. The Morgan fingerprint density at radius 3 is 2.44 bits per heavy atom. The number of nitrogens with one attached hydrogen (secondary N) is 2. The molecule has 5 N–H and O–H groups in total. The van der Waals surface area contributed by atoms with Crippen molar-refractivity contribution in [3.63, 3.8) is 0 Å². The van der Waals surface area contributed by atoms with E-state index in [1.165, 1.54) is 25.6 Å². The van der Waals surface area contributed by atoms with Gasteiger partial charge in [-0.1, -0.05) is 24.3 Å². The van der Waals surface area contributed by atoms with Crippen LogP contribution in [0.4, 0.5) is 4.39 Å². The number of aromatic nitrogens is 5. The second kappa shape index (κ2) is 12.9. The third-order valence-corrected chi connectivity index (χ3v) is 5.36. The molecule has 1 unspecified atom stereocenters. The molecule has 12 nitrogen and oxygen atoms in total. The molecule has 0 saturated carbocycles. The summed E-state index contributed by atoms with van der Waals surface area (Å²) in [5, 5.41) is 19.4. The minimum atomic E-state index is -0.833. The SMILES string of the molecule is CC(=O)O.CCOc1cc(OC)c(F)c(C(Cc2ccc(C(=N)N)cc2)c2nn(-c3ncccn3)c(=O)[nH]2)c1. The molecule has 13 heteroatoms. The van der Waals surface area contributed by atoms with Crippen LogP contribution in [-0.4, -0.2) is 55.4 Å². The van der Waals surface area contributed by atoms with Crippen LogP contribution in [0.3, 0.4) is 0 Å². The number of nitrogens with zero attached hydrogens (tertiary/aromatic N) is 4. The molecule has 2 heterocycles. The van der Waals surface area contributed by atoms with Crippen LogP contribution < -0.4 is 20.9 Å². The molecular formula is C26H28FN7O5. The number of halogens is 1. The minimum Gasteiger partial charge on any atom is -0.494 e. The van der Waals surface area contributed by atoms with Crippen LogP contribution in [0, 0.1) is 11.2 Å². The molecule has 4 rings (SSSR count). The molecular weight excluding hydrogens is 509 g/mol. The van der Waals surface area contributed by atoms with Gasteiger partial charge in [-0.2, -0.15) is 0 Å². The summed E-state index contributed by atoms with van der Waals surface area (Å²) in [6.45, 7) is 3.28. The summed E-state index contributed by atoms with van der Waals surface area (Å²) >= 11 is 0. The van der Waals surface area contributed by atoms with Gasteiger partial charge in [0.15, 0.2) is 11.6 Å². The number of amidine groups is 1. The van der Waals surface area contributed by atoms with Gasteiger partial charge in [0, 0.05) is 36.5 Å². The lowest BCUT2D eigenvalue weighted by atomic mass is 9.90. The maximum Gasteiger partial charge on any atom is 0.350 e. The Bertz CT molecular complexity index is 1480. The minimum absolute atomic E-state index is 0.0102. The van der Waals surface area contributed by atoms with Crippen LogP contribution >= 0.6 is 0 Å². The highest BCUT2D eigenvalue weighted by Gasteiger charge is 2.27. The molecule has 204 valence electrons. The molecule has 0 aliphatic rings. The predicted molar refractivity (Wildman–Crippen MR) is 140 cm³/mol. The normalized spacial score (nSPS) is 11.2. The molecule has 0 spiro atoms. The molecule has 4 aromatic rings. The van der Waals surface area contributed by atoms with E-state index in [1.54, 1.807) is 36.4 Å². The highest BCUT2D eigenvalue weighted by Crippen LogP contribution is 2.36. The number of nitrogen functional groups attached to an aromatic ring is 1. The lowest BCUT2D eigenvalue weighted by Crippen LogP contribution is -2.18. The van der Waals surface area contributed by atoms with Gasteiger partial charge in [0.2, 0.25) is 0 Å². The Morgan fingerprint density at radius 1 is 1.23 bits per heavy atom. The number of hydrogen-bond donors (Lipinski definition) is 4. The second-order valence-electron chi connectivity index (χ2n) is 8.12. The maximum absolute atomic E-state index is 15.6. The van der Waals surface area contributed by atoms with Crippen molar-refractivity contribution in [1.82, 2.24) is 24.7 Å². The fourth-order valence-electron chi connectivity index (χ4n) is 3.69. The molecule has 0 aliphatic heterocycles. The topological polar surface area (TPSA) is 182 Å². The first kappa shape index (κ1) is 28.5. The fraction of sp³-hybridized carbons (Fsp3) is 0.231. The van der Waals surface area contributed by atoms with E-state index in [9.17, 15) is 4.79 Å². The van der Waals surface area contributed by atoms with Crippen LogP contribution in [0.25, 0.3) is 5.95 Å². The zero-order valence-electron chi connectivity index (χ0n) is 21.5. The molecule has 2 aromatic carbocycles. The summed E-state index contributed by atoms with van der Waals surface area (Å²) in [7, 11) is 1.37. The molecule has 0 radical (unpaired) electrons. The van der Waals surface area contributed by atoms with E-state index in [0.717, 1.165) is 17.2 Å². The van der Waals surface area contributed by atoms with E-state index in [1.807, 2.05) is 6.92 Å². The number of rotatable bonds is 9. The van der Waals surface area contributed by atoms with Gasteiger partial charge in [0.1, 0.15) is 17.4 Å². The number of methoxy groups -OCH3 is 1. The van der Waals surface area contributed by atoms with Crippen molar-refractivity contribution in [1.29, 1.82) is 5.41 Å². The monoisotopic (exact) mass is 537 g/mol. The summed E-state index contributed by atoms with van der Waals surface area (Å²) in [6, 6.07) is 11.7. The van der Waals surface area contributed by atoms with E-state index in [4.69, 9.17) is 30.5 Å². The van der Waals surface area contributed by atoms with E-state index in [2.05, 4.69) is 20.1 Å². The van der Waals surface area contributed by atoms with Crippen molar-refractivity contribution < 1.29 is 23.8 Å². The largest absolute Gasteiger partial charge is 0.494 e. The van der Waals surface area contributed by atoms with E-state index in [-0.39, 0.29) is 35.3 Å². The average Bonchev–Trinajstić information content (AvgIpc) is 3.30. The molecule has 39 heavy (non-hydrogen) atoms. The van der Waals surface area contributed by atoms with E-state index < -0.39 is 23.4 Å². The van der Waals surface area contributed by atoms with E-state index >= 15 is 4.39 Å². The third-order valence-electron chi connectivity index (χ3n) is 5.36. The number of carboxylic acid groups (broad SMARTS) is 1. The summed E-state index contributed by atoms with van der Waals surface area (Å²) in [5.41, 5.74) is 6.61. The standard InChI is InChI=1S/C24H24FN7O3.C2H4O2/c1-3-35-16-12-17(20(25)19(13-16)34-2)18(11-14-5-7-15(8-6-14)21(26)27)22-30-24(33)32(31-22)23-28-9-4-10-29-23;1-2(3)4/h4-10,12-13,18H,3,11H2,1-2H3,(H3,26,27)(H,30,31,33);1H3,(H,3,4). The first-order valence-corrected chi connectivity index (χ1v) is 11.7. The van der Waals surface area contributed by atoms with Crippen molar-refractivity contribution in [2.45, 2.75) is 26.2 Å². The number of aromatic amines is 1. The smallest absolute Gasteiger partial charge is 0.350 e. The number of benzene rings is 2.